The molecule has 0 spiro atoms. The molecule has 2 N–H and O–H groups in total. The van der Waals surface area contributed by atoms with E-state index in [1.807, 2.05) is 78.2 Å². The molecule has 2 saturated carbocycles. The van der Waals surface area contributed by atoms with Crippen molar-refractivity contribution in [1.82, 2.24) is 4.98 Å². The van der Waals surface area contributed by atoms with Gasteiger partial charge in [-0.15, -0.1) is 22.7 Å². The van der Waals surface area contributed by atoms with Crippen molar-refractivity contribution in [3.05, 3.63) is 115 Å². The van der Waals surface area contributed by atoms with Gasteiger partial charge in [0, 0.05) is 17.7 Å². The molecule has 0 amide bonds. The second-order valence-corrected chi connectivity index (χ2v) is 20.9. The topological polar surface area (TPSA) is 180 Å². The third-order valence-corrected chi connectivity index (χ3v) is 16.0. The number of carbonyl (C=O) groups excluding carboxylic acids is 2. The third kappa shape index (κ3) is 17.3. The van der Waals surface area contributed by atoms with E-state index in [-0.39, 0.29) is 23.7 Å². The summed E-state index contributed by atoms with van der Waals surface area (Å²) in [7, 11) is 0. The van der Waals surface area contributed by atoms with Crippen molar-refractivity contribution in [2.45, 2.75) is 115 Å². The van der Waals surface area contributed by atoms with Crippen molar-refractivity contribution in [3.8, 4) is 32.9 Å². The third-order valence-electron chi connectivity index (χ3n) is 13.8. The molecule has 0 aliphatic heterocycles. The molecule has 7 rings (SSSR count). The van der Waals surface area contributed by atoms with Gasteiger partial charge in [0.15, 0.2) is 11.5 Å². The Morgan fingerprint density at radius 2 is 1.12 bits per heavy atom. The number of rotatable bonds is 33. The summed E-state index contributed by atoms with van der Waals surface area (Å²) in [6, 6.07) is 23.0. The molecule has 5 aromatic rings. The van der Waals surface area contributed by atoms with Crippen molar-refractivity contribution in [1.29, 1.82) is 0 Å². The first kappa shape index (κ1) is 56.4. The van der Waals surface area contributed by atoms with Gasteiger partial charge >= 0.3 is 11.9 Å². The van der Waals surface area contributed by atoms with Crippen molar-refractivity contribution >= 4 is 44.8 Å². The molecule has 2 unspecified atom stereocenters. The summed E-state index contributed by atoms with van der Waals surface area (Å²) in [5, 5.41) is 23.3. The largest absolute Gasteiger partial charge is 0.494 e. The fourth-order valence-corrected chi connectivity index (χ4v) is 11.5. The maximum absolute atomic E-state index is 11.1. The monoisotopic (exact) mass is 1060 g/mol. The average molecular weight is 1060 g/mol. The normalized spacial score (nSPS) is 18.5. The number of ether oxygens (including phenoxy) is 4. The van der Waals surface area contributed by atoms with Gasteiger partial charge < -0.3 is 28.7 Å². The van der Waals surface area contributed by atoms with Crippen LogP contribution >= 0.6 is 22.7 Å². The highest BCUT2D eigenvalue weighted by atomic mass is 32.1. The van der Waals surface area contributed by atoms with E-state index in [4.69, 9.17) is 53.3 Å². The van der Waals surface area contributed by atoms with Crippen LogP contribution in [0.5, 0.6) is 23.0 Å². The van der Waals surface area contributed by atoms with Crippen molar-refractivity contribution in [2.24, 2.45) is 23.7 Å². The number of carbonyl (C=O) groups is 2. The fourth-order valence-electron chi connectivity index (χ4n) is 9.63. The van der Waals surface area contributed by atoms with Crippen LogP contribution in [0.25, 0.3) is 20.1 Å². The predicted octanol–water partition coefficient (Wildman–Crippen LogP) is 14.1. The maximum Gasteiger partial charge on any atom is 0.330 e. The van der Waals surface area contributed by atoms with Crippen molar-refractivity contribution in [3.63, 3.8) is 0 Å². The van der Waals surface area contributed by atoms with Gasteiger partial charge in [-0.05, 0) is 186 Å². The molecule has 3 aromatic carbocycles. The minimum atomic E-state index is -0.555. The van der Waals surface area contributed by atoms with E-state index in [2.05, 4.69) is 13.2 Å². The molecule has 2 aromatic heterocycles. The SMILES string of the molecule is C=CC(=O)OCCCCCCOc1ccc(OOCC2CCC(C(OO)c3ccc(OOCC4CCC(C(OO)c5ccc(OCCCCCCOC(=O)C=C)cc5)CC4)c4nc(-c5cccs5)sc34)CC2)cc1. The highest BCUT2D eigenvalue weighted by Crippen LogP contribution is 2.46. The molecule has 2 atom stereocenters. The van der Waals surface area contributed by atoms with E-state index < -0.39 is 18.2 Å². The Morgan fingerprint density at radius 3 is 1.65 bits per heavy atom. The number of fused-ring (bicyclic) bond motifs is 1. The Morgan fingerprint density at radius 1 is 0.608 bits per heavy atom. The fraction of sp³-hybridized carbons (Fsp3) is 0.491. The highest BCUT2D eigenvalue weighted by molar-refractivity contribution is 7.25. The lowest BCUT2D eigenvalue weighted by atomic mass is 9.78. The average Bonchev–Trinajstić information content (AvgIpc) is 4.15. The van der Waals surface area contributed by atoms with Gasteiger partial charge in [-0.25, -0.2) is 24.3 Å². The number of benzene rings is 3. The van der Waals surface area contributed by atoms with E-state index >= 15 is 0 Å². The van der Waals surface area contributed by atoms with Gasteiger partial charge in [0.05, 0.1) is 49.2 Å². The van der Waals surface area contributed by atoms with Gasteiger partial charge in [0.25, 0.3) is 0 Å². The van der Waals surface area contributed by atoms with E-state index in [0.29, 0.717) is 62.6 Å². The van der Waals surface area contributed by atoms with Crippen LogP contribution in [0, 0.1) is 23.7 Å². The number of unbranched alkanes of at least 4 members (excludes halogenated alkanes) is 6. The Labute approximate surface area is 442 Å². The van der Waals surface area contributed by atoms with Crippen LogP contribution in [0.1, 0.15) is 126 Å². The minimum Gasteiger partial charge on any atom is -0.494 e. The highest BCUT2D eigenvalue weighted by Gasteiger charge is 2.34. The summed E-state index contributed by atoms with van der Waals surface area (Å²) in [5.74, 6) is 2.64. The van der Waals surface area contributed by atoms with E-state index in [9.17, 15) is 20.1 Å². The minimum absolute atomic E-state index is 0.0748. The first-order chi connectivity index (χ1) is 36.3. The quantitative estimate of drug-likeness (QED) is 0.0133. The van der Waals surface area contributed by atoms with E-state index in [1.165, 1.54) is 12.2 Å². The van der Waals surface area contributed by atoms with Crippen LogP contribution in [0.15, 0.2) is 103 Å². The number of thiophene rings is 1. The van der Waals surface area contributed by atoms with Crippen LogP contribution in [-0.2, 0) is 38.6 Å². The molecule has 2 heterocycles. The summed E-state index contributed by atoms with van der Waals surface area (Å²) in [6.45, 7) is 9.66. The predicted molar refractivity (Wildman–Crippen MR) is 283 cm³/mol. The maximum atomic E-state index is 11.1. The van der Waals surface area contributed by atoms with Crippen LogP contribution < -0.4 is 19.2 Å². The number of hydrogen-bond acceptors (Lipinski definition) is 17. The smallest absolute Gasteiger partial charge is 0.330 e. The van der Waals surface area contributed by atoms with Crippen LogP contribution in [0.4, 0.5) is 0 Å². The number of nitrogens with zero attached hydrogens (tertiary/aromatic N) is 1. The van der Waals surface area contributed by atoms with E-state index in [1.54, 1.807) is 22.7 Å². The molecule has 0 bridgehead atoms. The van der Waals surface area contributed by atoms with Gasteiger partial charge in [0.2, 0.25) is 0 Å². The zero-order chi connectivity index (χ0) is 51.7. The summed E-state index contributed by atoms with van der Waals surface area (Å²) in [5.41, 5.74) is 2.43. The zero-order valence-corrected chi connectivity index (χ0v) is 43.8. The molecular weight excluding hydrogens is 987 g/mol. The Bertz CT molecular complexity index is 2430. The van der Waals surface area contributed by atoms with Gasteiger partial charge in [0.1, 0.15) is 34.2 Å². The molecule has 17 heteroatoms. The molecule has 2 aliphatic carbocycles. The molecular formula is C57H71NO14S2. The summed E-state index contributed by atoms with van der Waals surface area (Å²) in [6.07, 6.45) is 15.6. The number of hydrogen-bond donors (Lipinski definition) is 2. The summed E-state index contributed by atoms with van der Waals surface area (Å²) >= 11 is 3.17. The summed E-state index contributed by atoms with van der Waals surface area (Å²) in [4.78, 5) is 62.1. The molecule has 2 aliphatic rings. The Hall–Kier alpha value is -5.37. The van der Waals surface area contributed by atoms with Gasteiger partial charge in [-0.2, -0.15) is 9.78 Å². The lowest BCUT2D eigenvalue weighted by Gasteiger charge is -2.32. The molecule has 2 fully saturated rings. The second-order valence-electron chi connectivity index (χ2n) is 19.0. The number of esters is 2. The van der Waals surface area contributed by atoms with Crippen LogP contribution in [0.2, 0.25) is 0 Å². The lowest BCUT2D eigenvalue weighted by Crippen LogP contribution is -2.25. The molecule has 15 nitrogen and oxygen atoms in total. The number of thiazole rings is 1. The zero-order valence-electron chi connectivity index (χ0n) is 42.2. The Kier molecular flexibility index (Phi) is 23.5. The molecule has 0 radical (unpaired) electrons. The lowest BCUT2D eigenvalue weighted by molar-refractivity contribution is -0.296. The molecule has 0 saturated heterocycles. The first-order valence-electron chi connectivity index (χ1n) is 26.1. The summed E-state index contributed by atoms with van der Waals surface area (Å²) < 4.78 is 22.7. The number of aromatic nitrogens is 1. The van der Waals surface area contributed by atoms with Gasteiger partial charge in [-0.1, -0.05) is 37.4 Å². The van der Waals surface area contributed by atoms with Crippen LogP contribution in [0.3, 0.4) is 0 Å². The van der Waals surface area contributed by atoms with Crippen molar-refractivity contribution in [2.75, 3.05) is 39.6 Å². The van der Waals surface area contributed by atoms with Crippen LogP contribution in [-0.4, -0.2) is 67.1 Å². The second kappa shape index (κ2) is 30.9. The first-order valence-corrected chi connectivity index (χ1v) is 27.8. The van der Waals surface area contributed by atoms with E-state index in [0.717, 1.165) is 140 Å². The van der Waals surface area contributed by atoms with Gasteiger partial charge in [-0.3, -0.25) is 10.5 Å². The van der Waals surface area contributed by atoms with Crippen molar-refractivity contribution < 1.29 is 68.4 Å². The molecule has 74 heavy (non-hydrogen) atoms. The Balaban J connectivity index is 0.829. The standard InChI is InChI=1S/C57H71NO14S2/c1-3-51(59)65-35-11-7-5-9-33-63-45-25-23-43(24-26-45)54(69-61)42-19-15-41(16-20-42)39-68-72-49-32-31-48(56-53(49)58-57(74-56)50-14-13-37-73-50)55(70-62)44-21-17-40(18-22-44)38-67-71-47-29-27-46(28-30-47)64-34-10-6-8-12-36-66-52(60)4-2/h3-4,13-14,23-32,37,40-42,44,54-55,61-62H,1-2,5-12,15-22,33-36,38-39H2. The molecule has 400 valence electrons.